The Morgan fingerprint density at radius 3 is 2.35 bits per heavy atom. The number of thiazole rings is 1. The average molecular weight is 757 g/mol. The maximum absolute atomic E-state index is 14.3. The summed E-state index contributed by atoms with van der Waals surface area (Å²) in [5, 5.41) is 14.6. The third-order valence-corrected chi connectivity index (χ3v) is 12.8. The first-order chi connectivity index (χ1) is 24.6. The summed E-state index contributed by atoms with van der Waals surface area (Å²) < 4.78 is 5.80. The minimum absolute atomic E-state index is 0.00917. The molecule has 4 rings (SSSR count). The molecule has 2 aliphatic rings. The zero-order valence-corrected chi connectivity index (χ0v) is 33.3. The van der Waals surface area contributed by atoms with Gasteiger partial charge in [-0.1, -0.05) is 57.0 Å². The van der Waals surface area contributed by atoms with E-state index in [4.69, 9.17) is 4.74 Å². The third-order valence-electron chi connectivity index (χ3n) is 10.5. The highest BCUT2D eigenvalue weighted by Gasteiger charge is 2.41. The Morgan fingerprint density at radius 1 is 1.08 bits per heavy atom. The molecule has 2 fully saturated rings. The molecule has 0 aliphatic carbocycles. The molecule has 11 nitrogen and oxygen atoms in total. The number of thioether (sulfide) groups is 1. The first-order valence-electron chi connectivity index (χ1n) is 18.4. The summed E-state index contributed by atoms with van der Waals surface area (Å²) in [6.45, 7) is 9.85. The van der Waals surface area contributed by atoms with Crippen LogP contribution in [0.3, 0.4) is 0 Å². The van der Waals surface area contributed by atoms with E-state index in [1.807, 2.05) is 52.1 Å². The predicted molar refractivity (Wildman–Crippen MR) is 204 cm³/mol. The minimum atomic E-state index is -0.937. The van der Waals surface area contributed by atoms with Crippen molar-refractivity contribution in [2.45, 2.75) is 104 Å². The highest BCUT2D eigenvalue weighted by Crippen LogP contribution is 2.37. The number of likely N-dealkylation sites (N-methyl/N-ethyl adjacent to an activating group) is 1. The molecule has 3 heterocycles. The van der Waals surface area contributed by atoms with E-state index in [0.29, 0.717) is 11.4 Å². The number of ether oxygens (including phenoxy) is 1. The van der Waals surface area contributed by atoms with Crippen molar-refractivity contribution in [1.82, 2.24) is 20.1 Å². The number of aryl methyl sites for hydroxylation is 1. The zero-order chi connectivity index (χ0) is 38.1. The van der Waals surface area contributed by atoms with Crippen LogP contribution in [0.2, 0.25) is 0 Å². The molecule has 1 aromatic carbocycles. The minimum Gasteiger partial charge on any atom is -0.481 e. The maximum atomic E-state index is 14.3. The summed E-state index contributed by atoms with van der Waals surface area (Å²) in [6, 6.07) is 6.97. The molecule has 0 unspecified atom stereocenters. The molecule has 2 aromatic rings. The van der Waals surface area contributed by atoms with Gasteiger partial charge in [0.2, 0.25) is 5.91 Å². The second kappa shape index (κ2) is 19.2. The van der Waals surface area contributed by atoms with E-state index in [0.717, 1.165) is 48.4 Å². The third kappa shape index (κ3) is 11.4. The van der Waals surface area contributed by atoms with Crippen molar-refractivity contribution in [3.8, 4) is 0 Å². The maximum Gasteiger partial charge on any atom is 0.306 e. The number of rotatable bonds is 18. The van der Waals surface area contributed by atoms with Crippen LogP contribution in [0.4, 0.5) is 0 Å². The lowest BCUT2D eigenvalue weighted by Crippen LogP contribution is -2.50. The highest BCUT2D eigenvalue weighted by molar-refractivity contribution is 8.00. The van der Waals surface area contributed by atoms with Crippen molar-refractivity contribution in [2.75, 3.05) is 32.1 Å². The Kier molecular flexibility index (Phi) is 15.3. The average Bonchev–Trinajstić information content (AvgIpc) is 3.56. The number of carboxylic acid groups (broad SMARTS) is 1. The van der Waals surface area contributed by atoms with Gasteiger partial charge in [-0.05, 0) is 75.1 Å². The lowest BCUT2D eigenvalue weighted by Gasteiger charge is -2.40. The van der Waals surface area contributed by atoms with Crippen molar-refractivity contribution < 1.29 is 33.8 Å². The van der Waals surface area contributed by atoms with Crippen molar-refractivity contribution >= 4 is 52.6 Å². The summed E-state index contributed by atoms with van der Waals surface area (Å²) in [7, 11) is 3.77. The second-order valence-corrected chi connectivity index (χ2v) is 17.0. The van der Waals surface area contributed by atoms with Crippen molar-refractivity contribution in [3.63, 3.8) is 0 Å². The number of benzene rings is 1. The number of aromatic nitrogens is 1. The number of carboxylic acids is 1. The Hall–Kier alpha value is -3.29. The molecule has 0 saturated carbocycles. The Balaban J connectivity index is 1.50. The van der Waals surface area contributed by atoms with Gasteiger partial charge in [-0.15, -0.1) is 11.3 Å². The number of amides is 2. The largest absolute Gasteiger partial charge is 0.481 e. The SMILES string of the molecule is CC(=O)O[C@H](C[C@H](C(C)C)N(C)C(=O)[C@@H](CC(=O)[C@H]1CCCCN1C)C1CSC1)c1nc(C(=O)N[C@@H](Cc2ccc(C)cc2)C[C@H](C)C(=O)O)cs1. The molecule has 52 heavy (non-hydrogen) atoms. The molecule has 1 aromatic heterocycles. The summed E-state index contributed by atoms with van der Waals surface area (Å²) in [5.41, 5.74) is 2.23. The van der Waals surface area contributed by atoms with Crippen LogP contribution in [0.25, 0.3) is 0 Å². The van der Waals surface area contributed by atoms with Gasteiger partial charge in [0.05, 0.1) is 12.0 Å². The van der Waals surface area contributed by atoms with Crippen LogP contribution in [-0.2, 0) is 30.3 Å². The molecule has 2 amide bonds. The van der Waals surface area contributed by atoms with Crippen LogP contribution in [0.1, 0.15) is 98.9 Å². The van der Waals surface area contributed by atoms with Crippen LogP contribution in [0.5, 0.6) is 0 Å². The number of nitrogens with zero attached hydrogens (tertiary/aromatic N) is 3. The van der Waals surface area contributed by atoms with E-state index in [1.54, 1.807) is 36.0 Å². The Labute approximate surface area is 316 Å². The van der Waals surface area contributed by atoms with Crippen LogP contribution in [-0.4, -0.2) is 99.7 Å². The fourth-order valence-electron chi connectivity index (χ4n) is 7.23. The number of nitrogens with one attached hydrogen (secondary N) is 1. The van der Waals surface area contributed by atoms with E-state index in [-0.39, 0.29) is 60.6 Å². The van der Waals surface area contributed by atoms with E-state index >= 15 is 0 Å². The lowest BCUT2D eigenvalue weighted by atomic mass is 9.84. The zero-order valence-electron chi connectivity index (χ0n) is 31.6. The Bertz CT molecular complexity index is 1540. The number of carbonyl (C=O) groups excluding carboxylic acids is 4. The number of esters is 1. The molecule has 0 radical (unpaired) electrons. The van der Waals surface area contributed by atoms with Gasteiger partial charge in [-0.2, -0.15) is 11.8 Å². The van der Waals surface area contributed by atoms with Crippen molar-refractivity contribution in [1.29, 1.82) is 0 Å². The number of aliphatic carboxylic acids is 1. The lowest BCUT2D eigenvalue weighted by molar-refractivity contribution is -0.149. The number of ketones is 1. The fourth-order valence-corrected chi connectivity index (χ4v) is 9.04. The van der Waals surface area contributed by atoms with E-state index in [9.17, 15) is 29.1 Å². The number of piperidine rings is 1. The molecular weight excluding hydrogens is 701 g/mol. The summed E-state index contributed by atoms with van der Waals surface area (Å²) >= 11 is 3.00. The molecule has 2 aliphatic heterocycles. The van der Waals surface area contributed by atoms with Gasteiger partial charge in [-0.25, -0.2) is 4.98 Å². The molecule has 6 atom stereocenters. The number of hydrogen-bond acceptors (Lipinski definition) is 10. The van der Waals surface area contributed by atoms with Crippen LogP contribution in [0.15, 0.2) is 29.6 Å². The number of carbonyl (C=O) groups is 5. The smallest absolute Gasteiger partial charge is 0.306 e. The molecular formula is C39H56N4O7S2. The first kappa shape index (κ1) is 41.5. The summed E-state index contributed by atoms with van der Waals surface area (Å²) in [5.74, 6) is -1.05. The van der Waals surface area contributed by atoms with Crippen molar-refractivity contribution in [3.05, 3.63) is 51.5 Å². The van der Waals surface area contributed by atoms with Crippen LogP contribution >= 0.6 is 23.1 Å². The number of likely N-dealkylation sites (tertiary alicyclic amines) is 1. The van der Waals surface area contributed by atoms with Crippen LogP contribution in [0, 0.1) is 30.6 Å². The van der Waals surface area contributed by atoms with Gasteiger partial charge in [0, 0.05) is 50.2 Å². The topological polar surface area (TPSA) is 146 Å². The normalized spacial score (nSPS) is 19.5. The Morgan fingerprint density at radius 2 is 1.77 bits per heavy atom. The monoisotopic (exact) mass is 756 g/mol. The van der Waals surface area contributed by atoms with Gasteiger partial charge in [0.1, 0.15) is 10.7 Å². The van der Waals surface area contributed by atoms with Gasteiger partial charge in [-0.3, -0.25) is 28.9 Å². The summed E-state index contributed by atoms with van der Waals surface area (Å²) in [6.07, 6.45) is 3.30. The molecule has 2 N–H and O–H groups in total. The molecule has 0 spiro atoms. The quantitative estimate of drug-likeness (QED) is 0.179. The van der Waals surface area contributed by atoms with Gasteiger partial charge in [0.15, 0.2) is 11.9 Å². The van der Waals surface area contributed by atoms with Gasteiger partial charge in [0.25, 0.3) is 5.91 Å². The highest BCUT2D eigenvalue weighted by atomic mass is 32.2. The standard InChI is InChI=1S/C39H56N4O7S2/c1-23(2)33(43(7)38(47)30(28-20-51-21-28)18-34(45)32-10-8-9-15-42(32)6)19-35(50-26(5)44)37-41-31(22-52-37)36(46)40-29(16-25(4)39(48)49)17-27-13-11-24(3)12-14-27/h11-14,22-23,25,28-30,32-33,35H,8-10,15-21H2,1-7H3,(H,40,46)(H,48,49)/t25-,29+,30-,32+,33+,35+/m0/s1. The predicted octanol–water partition coefficient (Wildman–Crippen LogP) is 5.80. The molecule has 0 bridgehead atoms. The van der Waals surface area contributed by atoms with E-state index in [2.05, 4.69) is 15.2 Å². The first-order valence-corrected chi connectivity index (χ1v) is 20.5. The van der Waals surface area contributed by atoms with Crippen LogP contribution < -0.4 is 5.32 Å². The van der Waals surface area contributed by atoms with E-state index < -0.39 is 41.8 Å². The molecule has 286 valence electrons. The number of hydrogen-bond donors (Lipinski definition) is 2. The number of Topliss-reactive ketones (excluding diaryl/α,β-unsaturated/α-hetero) is 1. The molecule has 13 heteroatoms. The van der Waals surface area contributed by atoms with E-state index in [1.165, 1.54) is 18.3 Å². The fraction of sp³-hybridized carbons (Fsp3) is 0.641. The van der Waals surface area contributed by atoms with Gasteiger partial charge >= 0.3 is 11.9 Å². The molecule has 2 saturated heterocycles. The second-order valence-electron chi connectivity index (χ2n) is 15.1. The van der Waals surface area contributed by atoms with Crippen molar-refractivity contribution in [2.24, 2.45) is 23.7 Å². The summed E-state index contributed by atoms with van der Waals surface area (Å²) in [4.78, 5) is 73.9. The van der Waals surface area contributed by atoms with Gasteiger partial charge < -0.3 is 20.1 Å².